The number of rotatable bonds is 7. The van der Waals surface area contributed by atoms with Crippen molar-refractivity contribution in [2.75, 3.05) is 13.1 Å². The molecule has 1 aliphatic heterocycles. The molecule has 20 heavy (non-hydrogen) atoms. The number of nitrogens with one attached hydrogen (secondary N) is 1. The fourth-order valence-electron chi connectivity index (χ4n) is 2.95. The van der Waals surface area contributed by atoms with Crippen LogP contribution in [-0.4, -0.2) is 39.6 Å². The molecule has 1 saturated heterocycles. The van der Waals surface area contributed by atoms with Crippen LogP contribution in [0.15, 0.2) is 12.5 Å². The van der Waals surface area contributed by atoms with E-state index in [0.29, 0.717) is 12.1 Å². The first-order chi connectivity index (χ1) is 9.70. The van der Waals surface area contributed by atoms with Gasteiger partial charge in [-0.2, -0.15) is 0 Å². The van der Waals surface area contributed by atoms with Crippen LogP contribution < -0.4 is 5.32 Å². The lowest BCUT2D eigenvalue weighted by Gasteiger charge is -2.33. The largest absolute Gasteiger partial charge is 0.333 e. The van der Waals surface area contributed by atoms with Crippen LogP contribution in [0.1, 0.15) is 52.1 Å². The number of imidazole rings is 1. The minimum atomic E-state index is 0.573. The summed E-state index contributed by atoms with van der Waals surface area (Å²) in [4.78, 5) is 6.90. The summed E-state index contributed by atoms with van der Waals surface area (Å²) in [5.41, 5.74) is 1.34. The van der Waals surface area contributed by atoms with Crippen molar-refractivity contribution in [1.29, 1.82) is 0 Å². The van der Waals surface area contributed by atoms with Gasteiger partial charge in [0.25, 0.3) is 0 Å². The average Bonchev–Trinajstić information content (AvgIpc) is 2.87. The summed E-state index contributed by atoms with van der Waals surface area (Å²) in [7, 11) is 0. The van der Waals surface area contributed by atoms with Gasteiger partial charge in [0.1, 0.15) is 0 Å². The van der Waals surface area contributed by atoms with E-state index in [1.165, 1.54) is 31.5 Å². The van der Waals surface area contributed by atoms with Gasteiger partial charge in [-0.3, -0.25) is 4.90 Å². The molecule has 1 fully saturated rings. The fourth-order valence-corrected chi connectivity index (χ4v) is 2.95. The SMILES string of the molecule is CCCn1cncc1CN(CC1CCCCN1)C(C)C. The van der Waals surface area contributed by atoms with Crippen molar-refractivity contribution >= 4 is 0 Å². The maximum Gasteiger partial charge on any atom is 0.0948 e. The summed E-state index contributed by atoms with van der Waals surface area (Å²) in [6, 6.07) is 1.23. The summed E-state index contributed by atoms with van der Waals surface area (Å²) in [6.07, 6.45) is 9.18. The molecule has 1 unspecified atom stereocenters. The molecule has 1 aliphatic rings. The second kappa shape index (κ2) is 7.79. The van der Waals surface area contributed by atoms with Gasteiger partial charge in [0.05, 0.1) is 12.0 Å². The Kier molecular flexibility index (Phi) is 6.05. The van der Waals surface area contributed by atoms with E-state index in [0.717, 1.165) is 26.1 Å². The lowest BCUT2D eigenvalue weighted by Crippen LogP contribution is -2.45. The molecule has 0 aromatic carbocycles. The third-order valence-corrected chi connectivity index (χ3v) is 4.23. The first kappa shape index (κ1) is 15.5. The molecule has 0 aliphatic carbocycles. The number of aromatic nitrogens is 2. The summed E-state index contributed by atoms with van der Waals surface area (Å²) >= 11 is 0. The zero-order valence-corrected chi connectivity index (χ0v) is 13.3. The molecule has 0 bridgehead atoms. The van der Waals surface area contributed by atoms with E-state index in [2.05, 4.69) is 40.5 Å². The molecule has 1 atom stereocenters. The highest BCUT2D eigenvalue weighted by atomic mass is 15.2. The first-order valence-electron chi connectivity index (χ1n) is 8.17. The van der Waals surface area contributed by atoms with Crippen molar-refractivity contribution in [2.24, 2.45) is 0 Å². The normalized spacial score (nSPS) is 19.9. The molecule has 4 heteroatoms. The van der Waals surface area contributed by atoms with E-state index < -0.39 is 0 Å². The molecule has 2 heterocycles. The zero-order valence-electron chi connectivity index (χ0n) is 13.3. The number of aryl methyl sites for hydroxylation is 1. The number of piperidine rings is 1. The Balaban J connectivity index is 1.95. The molecule has 0 radical (unpaired) electrons. The van der Waals surface area contributed by atoms with Crippen molar-refractivity contribution in [3.8, 4) is 0 Å². The van der Waals surface area contributed by atoms with E-state index in [4.69, 9.17) is 0 Å². The fraction of sp³-hybridized carbons (Fsp3) is 0.812. The maximum absolute atomic E-state index is 4.32. The number of hydrogen-bond donors (Lipinski definition) is 1. The quantitative estimate of drug-likeness (QED) is 0.832. The molecular weight excluding hydrogens is 248 g/mol. The van der Waals surface area contributed by atoms with Crippen LogP contribution in [0.5, 0.6) is 0 Å². The monoisotopic (exact) mass is 278 g/mol. The van der Waals surface area contributed by atoms with Crippen molar-refractivity contribution in [1.82, 2.24) is 19.8 Å². The topological polar surface area (TPSA) is 33.1 Å². The van der Waals surface area contributed by atoms with Crippen LogP contribution in [0.2, 0.25) is 0 Å². The predicted octanol–water partition coefficient (Wildman–Crippen LogP) is 2.65. The van der Waals surface area contributed by atoms with Gasteiger partial charge in [0.15, 0.2) is 0 Å². The molecule has 114 valence electrons. The third-order valence-electron chi connectivity index (χ3n) is 4.23. The van der Waals surface area contributed by atoms with Crippen molar-refractivity contribution < 1.29 is 0 Å². The Labute approximate surface area is 123 Å². The van der Waals surface area contributed by atoms with Crippen LogP contribution in [-0.2, 0) is 13.1 Å². The molecular formula is C16H30N4. The smallest absolute Gasteiger partial charge is 0.0948 e. The van der Waals surface area contributed by atoms with Crippen LogP contribution in [0.25, 0.3) is 0 Å². The van der Waals surface area contributed by atoms with Gasteiger partial charge in [0.2, 0.25) is 0 Å². The lowest BCUT2D eigenvalue weighted by molar-refractivity contribution is 0.173. The summed E-state index contributed by atoms with van der Waals surface area (Å²) in [5.74, 6) is 0. The van der Waals surface area contributed by atoms with Crippen LogP contribution in [0, 0.1) is 0 Å². The Bertz CT molecular complexity index is 380. The van der Waals surface area contributed by atoms with E-state index in [1.54, 1.807) is 0 Å². The minimum Gasteiger partial charge on any atom is -0.333 e. The zero-order chi connectivity index (χ0) is 14.4. The molecule has 2 rings (SSSR count). The van der Waals surface area contributed by atoms with Gasteiger partial charge in [-0.15, -0.1) is 0 Å². The Morgan fingerprint density at radius 2 is 2.30 bits per heavy atom. The van der Waals surface area contributed by atoms with E-state index in [1.807, 2.05) is 12.5 Å². The van der Waals surface area contributed by atoms with E-state index >= 15 is 0 Å². The second-order valence-corrected chi connectivity index (χ2v) is 6.25. The molecule has 0 saturated carbocycles. The number of nitrogens with zero attached hydrogens (tertiary/aromatic N) is 3. The van der Waals surface area contributed by atoms with Crippen LogP contribution in [0.4, 0.5) is 0 Å². The summed E-state index contributed by atoms with van der Waals surface area (Å²) in [6.45, 7) is 11.2. The van der Waals surface area contributed by atoms with Gasteiger partial charge in [-0.05, 0) is 39.7 Å². The van der Waals surface area contributed by atoms with Crippen molar-refractivity contribution in [2.45, 2.75) is 71.6 Å². The van der Waals surface area contributed by atoms with Gasteiger partial charge in [0, 0.05) is 37.9 Å². The molecule has 4 nitrogen and oxygen atoms in total. The van der Waals surface area contributed by atoms with Gasteiger partial charge >= 0.3 is 0 Å². The second-order valence-electron chi connectivity index (χ2n) is 6.25. The Morgan fingerprint density at radius 1 is 1.45 bits per heavy atom. The molecule has 1 N–H and O–H groups in total. The van der Waals surface area contributed by atoms with Gasteiger partial charge < -0.3 is 9.88 Å². The van der Waals surface area contributed by atoms with Crippen LogP contribution >= 0.6 is 0 Å². The Morgan fingerprint density at radius 3 is 2.95 bits per heavy atom. The standard InChI is InChI=1S/C16H30N4/c1-4-9-19-13-17-10-16(19)12-20(14(2)3)11-15-7-5-6-8-18-15/h10,13-15,18H,4-9,11-12H2,1-3H3. The molecule has 0 amide bonds. The summed E-state index contributed by atoms with van der Waals surface area (Å²) < 4.78 is 2.30. The van der Waals surface area contributed by atoms with Gasteiger partial charge in [-0.1, -0.05) is 13.3 Å². The van der Waals surface area contributed by atoms with Gasteiger partial charge in [-0.25, -0.2) is 4.98 Å². The molecule has 1 aromatic rings. The molecule has 1 aromatic heterocycles. The Hall–Kier alpha value is -0.870. The van der Waals surface area contributed by atoms with Crippen LogP contribution in [0.3, 0.4) is 0 Å². The van der Waals surface area contributed by atoms with E-state index in [9.17, 15) is 0 Å². The maximum atomic E-state index is 4.32. The third kappa shape index (κ3) is 4.32. The lowest BCUT2D eigenvalue weighted by atomic mass is 10.0. The number of hydrogen-bond acceptors (Lipinski definition) is 3. The minimum absolute atomic E-state index is 0.573. The average molecular weight is 278 g/mol. The summed E-state index contributed by atoms with van der Waals surface area (Å²) in [5, 5.41) is 3.66. The predicted molar refractivity (Wildman–Crippen MR) is 83.7 cm³/mol. The van der Waals surface area contributed by atoms with E-state index in [-0.39, 0.29) is 0 Å². The highest BCUT2D eigenvalue weighted by molar-refractivity contribution is 4.99. The highest BCUT2D eigenvalue weighted by Crippen LogP contribution is 2.14. The van der Waals surface area contributed by atoms with Crippen molar-refractivity contribution in [3.63, 3.8) is 0 Å². The highest BCUT2D eigenvalue weighted by Gasteiger charge is 2.19. The first-order valence-corrected chi connectivity index (χ1v) is 8.17. The van der Waals surface area contributed by atoms with Crippen molar-refractivity contribution in [3.05, 3.63) is 18.2 Å². The molecule has 0 spiro atoms.